The van der Waals surface area contributed by atoms with Gasteiger partial charge in [0.1, 0.15) is 0 Å². The van der Waals surface area contributed by atoms with Crippen molar-refractivity contribution in [3.63, 3.8) is 0 Å². The average Bonchev–Trinajstić information content (AvgIpc) is 2.35. The minimum atomic E-state index is -0.239. The van der Waals surface area contributed by atoms with Gasteiger partial charge in [0, 0.05) is 8.04 Å². The molecule has 0 unspecified atom stereocenters. The van der Waals surface area contributed by atoms with E-state index >= 15 is 0 Å². The fraction of sp³-hybridized carbons (Fsp3) is 0. The van der Waals surface area contributed by atoms with Crippen LogP contribution in [-0.2, 0) is 0 Å². The highest BCUT2D eigenvalue weighted by Gasteiger charge is 2.11. The number of carbonyl (C=O) groups excluding carboxylic acids is 1. The van der Waals surface area contributed by atoms with Crippen LogP contribution in [-0.4, -0.2) is 16.1 Å². The normalized spacial score (nSPS) is 10.2. The summed E-state index contributed by atoms with van der Waals surface area (Å²) in [6.45, 7) is 0. The number of nitrogens with one attached hydrogen (secondary N) is 1. The molecule has 7 heteroatoms. The molecule has 0 aliphatic rings. The summed E-state index contributed by atoms with van der Waals surface area (Å²) in [5.41, 5.74) is 0.571. The number of rotatable bonds is 2. The fourth-order valence-corrected chi connectivity index (χ4v) is 2.28. The SMILES string of the molecule is O=C(Nc1ccc(Cl)nn1)c1cc(Br)ccc1I. The lowest BCUT2D eigenvalue weighted by molar-refractivity contribution is 0.102. The molecule has 0 radical (unpaired) electrons. The molecule has 2 aromatic rings. The Morgan fingerprint density at radius 1 is 1.28 bits per heavy atom. The first-order valence-electron chi connectivity index (χ1n) is 4.82. The largest absolute Gasteiger partial charge is 0.305 e. The molecule has 0 saturated carbocycles. The van der Waals surface area contributed by atoms with E-state index < -0.39 is 0 Å². The van der Waals surface area contributed by atoms with Crippen molar-refractivity contribution in [2.24, 2.45) is 0 Å². The summed E-state index contributed by atoms with van der Waals surface area (Å²) in [7, 11) is 0. The summed E-state index contributed by atoms with van der Waals surface area (Å²) in [5, 5.41) is 10.4. The first kappa shape index (κ1) is 13.7. The van der Waals surface area contributed by atoms with Gasteiger partial charge in [0.15, 0.2) is 11.0 Å². The summed E-state index contributed by atoms with van der Waals surface area (Å²) in [6.07, 6.45) is 0. The molecule has 1 heterocycles. The summed E-state index contributed by atoms with van der Waals surface area (Å²) < 4.78 is 1.70. The second-order valence-electron chi connectivity index (χ2n) is 3.32. The Hall–Kier alpha value is -0.730. The van der Waals surface area contributed by atoms with Gasteiger partial charge in [-0.05, 0) is 52.9 Å². The molecule has 2 rings (SSSR count). The number of nitrogens with zero attached hydrogens (tertiary/aromatic N) is 2. The van der Waals surface area contributed by atoms with Gasteiger partial charge in [-0.2, -0.15) is 0 Å². The molecule has 1 aromatic carbocycles. The number of halogens is 3. The van der Waals surface area contributed by atoms with Crippen LogP contribution >= 0.6 is 50.1 Å². The summed E-state index contributed by atoms with van der Waals surface area (Å²) in [6, 6.07) is 8.64. The molecule has 4 nitrogen and oxygen atoms in total. The van der Waals surface area contributed by atoms with Crippen molar-refractivity contribution in [3.8, 4) is 0 Å². The van der Waals surface area contributed by atoms with E-state index in [1.807, 2.05) is 12.1 Å². The Morgan fingerprint density at radius 2 is 2.06 bits per heavy atom. The number of amides is 1. The standard InChI is InChI=1S/C11H6BrClIN3O/c12-6-1-2-8(14)7(5-6)11(18)15-10-4-3-9(13)16-17-10/h1-5H,(H,15,17,18). The van der Waals surface area contributed by atoms with Gasteiger partial charge in [-0.3, -0.25) is 4.79 Å². The van der Waals surface area contributed by atoms with Crippen LogP contribution < -0.4 is 5.32 Å². The van der Waals surface area contributed by atoms with Crippen LogP contribution in [0.3, 0.4) is 0 Å². The Morgan fingerprint density at radius 3 is 2.72 bits per heavy atom. The minimum Gasteiger partial charge on any atom is -0.305 e. The quantitative estimate of drug-likeness (QED) is 0.727. The molecule has 0 spiro atoms. The molecule has 1 N–H and O–H groups in total. The smallest absolute Gasteiger partial charge is 0.257 e. The van der Waals surface area contributed by atoms with Crippen LogP contribution in [0, 0.1) is 3.57 Å². The second kappa shape index (κ2) is 5.94. The number of aromatic nitrogens is 2. The van der Waals surface area contributed by atoms with Crippen molar-refractivity contribution in [2.45, 2.75) is 0 Å². The Bertz CT molecular complexity index is 591. The number of hydrogen-bond donors (Lipinski definition) is 1. The fourth-order valence-electron chi connectivity index (χ4n) is 1.24. The monoisotopic (exact) mass is 437 g/mol. The van der Waals surface area contributed by atoms with Crippen molar-refractivity contribution in [3.05, 3.63) is 49.1 Å². The van der Waals surface area contributed by atoms with E-state index in [0.717, 1.165) is 8.04 Å². The zero-order valence-corrected chi connectivity index (χ0v) is 13.3. The topological polar surface area (TPSA) is 54.9 Å². The highest BCUT2D eigenvalue weighted by atomic mass is 127. The highest BCUT2D eigenvalue weighted by molar-refractivity contribution is 14.1. The zero-order valence-electron chi connectivity index (χ0n) is 8.82. The van der Waals surface area contributed by atoms with Gasteiger partial charge >= 0.3 is 0 Å². The van der Waals surface area contributed by atoms with Crippen molar-refractivity contribution < 1.29 is 4.79 Å². The van der Waals surface area contributed by atoms with Crippen molar-refractivity contribution in [2.75, 3.05) is 5.32 Å². The van der Waals surface area contributed by atoms with Gasteiger partial charge < -0.3 is 5.32 Å². The predicted octanol–water partition coefficient (Wildman–Crippen LogP) is 3.75. The van der Waals surface area contributed by atoms with Gasteiger partial charge in [0.25, 0.3) is 5.91 Å². The predicted molar refractivity (Wildman–Crippen MR) is 81.9 cm³/mol. The lowest BCUT2D eigenvalue weighted by atomic mass is 10.2. The molecule has 0 saturated heterocycles. The first-order valence-corrected chi connectivity index (χ1v) is 7.07. The summed E-state index contributed by atoms with van der Waals surface area (Å²) in [5.74, 6) is 0.123. The molecule has 18 heavy (non-hydrogen) atoms. The van der Waals surface area contributed by atoms with E-state index in [-0.39, 0.29) is 11.1 Å². The van der Waals surface area contributed by atoms with Crippen LogP contribution in [0.15, 0.2) is 34.8 Å². The maximum absolute atomic E-state index is 12.0. The first-order chi connectivity index (χ1) is 8.56. The van der Waals surface area contributed by atoms with Crippen LogP contribution in [0.1, 0.15) is 10.4 Å². The van der Waals surface area contributed by atoms with E-state index in [9.17, 15) is 4.79 Å². The molecule has 0 aliphatic carbocycles. The maximum atomic E-state index is 12.0. The Kier molecular flexibility index (Phi) is 4.52. The van der Waals surface area contributed by atoms with E-state index in [0.29, 0.717) is 11.4 Å². The second-order valence-corrected chi connectivity index (χ2v) is 5.78. The average molecular weight is 438 g/mol. The molecule has 0 fully saturated rings. The van der Waals surface area contributed by atoms with E-state index in [1.165, 1.54) is 0 Å². The van der Waals surface area contributed by atoms with Crippen LogP contribution in [0.25, 0.3) is 0 Å². The Labute approximate surface area is 130 Å². The highest BCUT2D eigenvalue weighted by Crippen LogP contribution is 2.19. The minimum absolute atomic E-state index is 0.239. The zero-order chi connectivity index (χ0) is 13.1. The lowest BCUT2D eigenvalue weighted by Gasteiger charge is -2.06. The molecular weight excluding hydrogens is 432 g/mol. The third kappa shape index (κ3) is 3.39. The summed E-state index contributed by atoms with van der Waals surface area (Å²) in [4.78, 5) is 12.0. The molecule has 0 atom stereocenters. The van der Waals surface area contributed by atoms with Crippen LogP contribution in [0.4, 0.5) is 5.82 Å². The number of carbonyl (C=O) groups is 1. The number of benzene rings is 1. The van der Waals surface area contributed by atoms with Crippen molar-refractivity contribution in [1.29, 1.82) is 0 Å². The summed E-state index contributed by atoms with van der Waals surface area (Å²) >= 11 is 11.0. The molecule has 1 aromatic heterocycles. The third-order valence-electron chi connectivity index (χ3n) is 2.05. The van der Waals surface area contributed by atoms with Gasteiger partial charge in [-0.1, -0.05) is 27.5 Å². The van der Waals surface area contributed by atoms with Gasteiger partial charge in [0.05, 0.1) is 5.56 Å². The van der Waals surface area contributed by atoms with Crippen LogP contribution in [0.2, 0.25) is 5.15 Å². The number of hydrogen-bond acceptors (Lipinski definition) is 3. The van der Waals surface area contributed by atoms with E-state index in [2.05, 4.69) is 54.0 Å². The van der Waals surface area contributed by atoms with Gasteiger partial charge in [0.2, 0.25) is 0 Å². The van der Waals surface area contributed by atoms with Crippen molar-refractivity contribution in [1.82, 2.24) is 10.2 Å². The lowest BCUT2D eigenvalue weighted by Crippen LogP contribution is -2.14. The maximum Gasteiger partial charge on any atom is 0.257 e. The van der Waals surface area contributed by atoms with Crippen LogP contribution in [0.5, 0.6) is 0 Å². The van der Waals surface area contributed by atoms with E-state index in [1.54, 1.807) is 18.2 Å². The molecular formula is C11H6BrClIN3O. The van der Waals surface area contributed by atoms with E-state index in [4.69, 9.17) is 11.6 Å². The van der Waals surface area contributed by atoms with Crippen molar-refractivity contribution >= 4 is 61.8 Å². The molecule has 1 amide bonds. The van der Waals surface area contributed by atoms with Gasteiger partial charge in [-0.15, -0.1) is 10.2 Å². The molecule has 0 bridgehead atoms. The molecule has 0 aliphatic heterocycles. The van der Waals surface area contributed by atoms with Gasteiger partial charge in [-0.25, -0.2) is 0 Å². The Balaban J connectivity index is 2.21. The number of anilines is 1. The molecule has 92 valence electrons. The third-order valence-corrected chi connectivity index (χ3v) is 3.68.